The van der Waals surface area contributed by atoms with Crippen LogP contribution < -0.4 is 5.73 Å². The van der Waals surface area contributed by atoms with Crippen molar-refractivity contribution in [2.75, 3.05) is 0 Å². The van der Waals surface area contributed by atoms with Crippen molar-refractivity contribution < 1.29 is 0 Å². The number of hydrogen-bond acceptors (Lipinski definition) is 3. The molecule has 0 radical (unpaired) electrons. The Morgan fingerprint density at radius 3 is 2.63 bits per heavy atom. The molecule has 3 heteroatoms. The minimum absolute atomic E-state index is 0.456. The second-order valence-corrected chi connectivity index (χ2v) is 4.56. The second kappa shape index (κ2) is 4.78. The van der Waals surface area contributed by atoms with E-state index in [0.717, 1.165) is 16.8 Å². The standard InChI is InChI=1S/C16H15N3/c1-11-3-2-4-13-14(12-5-7-18-8-6-12)10-19-15(9-17)16(11)13/h2-8,10H,9,17H2,1H3. The zero-order valence-electron chi connectivity index (χ0n) is 10.8. The van der Waals surface area contributed by atoms with Crippen LogP contribution in [-0.4, -0.2) is 9.97 Å². The Kier molecular flexibility index (Phi) is 2.97. The van der Waals surface area contributed by atoms with Crippen LogP contribution in [0.3, 0.4) is 0 Å². The van der Waals surface area contributed by atoms with Crippen LogP contribution in [-0.2, 0) is 6.54 Å². The molecule has 1 aromatic carbocycles. The number of pyridine rings is 2. The molecule has 19 heavy (non-hydrogen) atoms. The van der Waals surface area contributed by atoms with Crippen molar-refractivity contribution in [3.63, 3.8) is 0 Å². The minimum atomic E-state index is 0.456. The van der Waals surface area contributed by atoms with Crippen LogP contribution in [0.5, 0.6) is 0 Å². The highest BCUT2D eigenvalue weighted by atomic mass is 14.7. The summed E-state index contributed by atoms with van der Waals surface area (Å²) in [6.07, 6.45) is 5.50. The topological polar surface area (TPSA) is 51.8 Å². The van der Waals surface area contributed by atoms with Crippen molar-refractivity contribution in [1.82, 2.24) is 9.97 Å². The van der Waals surface area contributed by atoms with Gasteiger partial charge in [-0.3, -0.25) is 9.97 Å². The molecule has 0 unspecified atom stereocenters. The lowest BCUT2D eigenvalue weighted by atomic mass is 9.97. The third kappa shape index (κ3) is 1.98. The molecule has 0 aliphatic rings. The molecule has 0 aliphatic carbocycles. The third-order valence-corrected chi connectivity index (χ3v) is 3.39. The fourth-order valence-electron chi connectivity index (χ4n) is 2.47. The molecular weight excluding hydrogens is 234 g/mol. The highest BCUT2D eigenvalue weighted by Crippen LogP contribution is 2.30. The highest BCUT2D eigenvalue weighted by Gasteiger charge is 2.09. The monoisotopic (exact) mass is 249 g/mol. The van der Waals surface area contributed by atoms with E-state index in [4.69, 9.17) is 5.73 Å². The molecule has 0 bridgehead atoms. The predicted octanol–water partition coefficient (Wildman–Crippen LogP) is 3.06. The first-order chi connectivity index (χ1) is 9.31. The van der Waals surface area contributed by atoms with Gasteiger partial charge in [0.05, 0.1) is 5.69 Å². The molecular formula is C16H15N3. The van der Waals surface area contributed by atoms with Crippen LogP contribution in [0.1, 0.15) is 11.3 Å². The van der Waals surface area contributed by atoms with Crippen LogP contribution in [0.4, 0.5) is 0 Å². The van der Waals surface area contributed by atoms with Crippen LogP contribution >= 0.6 is 0 Å². The normalized spacial score (nSPS) is 10.8. The van der Waals surface area contributed by atoms with Gasteiger partial charge in [0.1, 0.15) is 0 Å². The summed E-state index contributed by atoms with van der Waals surface area (Å²) in [6.45, 7) is 2.55. The molecule has 2 heterocycles. The zero-order chi connectivity index (χ0) is 13.2. The van der Waals surface area contributed by atoms with E-state index in [1.54, 1.807) is 12.4 Å². The number of aryl methyl sites for hydroxylation is 1. The number of nitrogens with two attached hydrogens (primary N) is 1. The number of rotatable bonds is 2. The Balaban J connectivity index is 2.37. The largest absolute Gasteiger partial charge is 0.325 e. The van der Waals surface area contributed by atoms with Gasteiger partial charge in [-0.1, -0.05) is 18.2 Å². The Bertz CT molecular complexity index is 721. The maximum Gasteiger partial charge on any atom is 0.0620 e. The van der Waals surface area contributed by atoms with Gasteiger partial charge in [0, 0.05) is 36.1 Å². The molecule has 0 amide bonds. The molecule has 0 fully saturated rings. The molecule has 0 atom stereocenters. The van der Waals surface area contributed by atoms with Crippen molar-refractivity contribution in [3.8, 4) is 11.1 Å². The van der Waals surface area contributed by atoms with Crippen molar-refractivity contribution >= 4 is 10.8 Å². The van der Waals surface area contributed by atoms with E-state index in [9.17, 15) is 0 Å². The van der Waals surface area contributed by atoms with Crippen molar-refractivity contribution in [1.29, 1.82) is 0 Å². The number of fused-ring (bicyclic) bond motifs is 1. The van der Waals surface area contributed by atoms with E-state index in [1.807, 2.05) is 18.3 Å². The molecule has 0 saturated carbocycles. The molecule has 3 aromatic rings. The van der Waals surface area contributed by atoms with Crippen LogP contribution in [0.15, 0.2) is 48.9 Å². The maximum atomic E-state index is 5.80. The minimum Gasteiger partial charge on any atom is -0.325 e. The van der Waals surface area contributed by atoms with E-state index in [0.29, 0.717) is 6.54 Å². The van der Waals surface area contributed by atoms with Gasteiger partial charge < -0.3 is 5.73 Å². The van der Waals surface area contributed by atoms with E-state index in [-0.39, 0.29) is 0 Å². The molecule has 0 aliphatic heterocycles. The first-order valence-electron chi connectivity index (χ1n) is 6.29. The average Bonchev–Trinajstić information content (AvgIpc) is 2.47. The molecule has 0 spiro atoms. The van der Waals surface area contributed by atoms with E-state index in [2.05, 4.69) is 35.1 Å². The van der Waals surface area contributed by atoms with Gasteiger partial charge in [-0.25, -0.2) is 0 Å². The SMILES string of the molecule is Cc1cccc2c(-c3ccncc3)cnc(CN)c12. The molecule has 3 nitrogen and oxygen atoms in total. The quantitative estimate of drug-likeness (QED) is 0.759. The molecule has 2 aromatic heterocycles. The first kappa shape index (κ1) is 11.8. The maximum absolute atomic E-state index is 5.80. The molecule has 3 rings (SSSR count). The van der Waals surface area contributed by atoms with Crippen molar-refractivity contribution in [2.24, 2.45) is 5.73 Å². The van der Waals surface area contributed by atoms with Crippen molar-refractivity contribution in [3.05, 3.63) is 60.2 Å². The lowest BCUT2D eigenvalue weighted by molar-refractivity contribution is 1.01. The van der Waals surface area contributed by atoms with Gasteiger partial charge in [0.2, 0.25) is 0 Å². The Morgan fingerprint density at radius 2 is 1.89 bits per heavy atom. The summed E-state index contributed by atoms with van der Waals surface area (Å²) in [5.41, 5.74) is 10.2. The van der Waals surface area contributed by atoms with Gasteiger partial charge in [0.25, 0.3) is 0 Å². The second-order valence-electron chi connectivity index (χ2n) is 4.56. The third-order valence-electron chi connectivity index (χ3n) is 3.39. The summed E-state index contributed by atoms with van der Waals surface area (Å²) in [7, 11) is 0. The Hall–Kier alpha value is -2.26. The van der Waals surface area contributed by atoms with E-state index in [1.165, 1.54) is 16.3 Å². The van der Waals surface area contributed by atoms with Crippen LogP contribution in [0.25, 0.3) is 21.9 Å². The smallest absolute Gasteiger partial charge is 0.0620 e. The summed E-state index contributed by atoms with van der Waals surface area (Å²) >= 11 is 0. The highest BCUT2D eigenvalue weighted by molar-refractivity contribution is 5.99. The van der Waals surface area contributed by atoms with E-state index >= 15 is 0 Å². The Morgan fingerprint density at radius 1 is 1.11 bits per heavy atom. The van der Waals surface area contributed by atoms with Crippen LogP contribution in [0, 0.1) is 6.92 Å². The lowest BCUT2D eigenvalue weighted by Crippen LogP contribution is -2.02. The number of aromatic nitrogens is 2. The van der Waals surface area contributed by atoms with Gasteiger partial charge in [-0.2, -0.15) is 0 Å². The molecule has 2 N–H and O–H groups in total. The van der Waals surface area contributed by atoms with Crippen molar-refractivity contribution in [2.45, 2.75) is 13.5 Å². The van der Waals surface area contributed by atoms with Gasteiger partial charge in [-0.05, 0) is 35.6 Å². The number of hydrogen-bond donors (Lipinski definition) is 1. The summed E-state index contributed by atoms with van der Waals surface area (Å²) in [5, 5.41) is 2.36. The van der Waals surface area contributed by atoms with E-state index < -0.39 is 0 Å². The summed E-state index contributed by atoms with van der Waals surface area (Å²) in [6, 6.07) is 10.3. The number of benzene rings is 1. The van der Waals surface area contributed by atoms with Gasteiger partial charge >= 0.3 is 0 Å². The Labute approximate surface area is 112 Å². The van der Waals surface area contributed by atoms with Gasteiger partial charge in [-0.15, -0.1) is 0 Å². The fraction of sp³-hybridized carbons (Fsp3) is 0.125. The fourth-order valence-corrected chi connectivity index (χ4v) is 2.47. The molecule has 0 saturated heterocycles. The summed E-state index contributed by atoms with van der Waals surface area (Å²) in [5.74, 6) is 0. The summed E-state index contributed by atoms with van der Waals surface area (Å²) in [4.78, 5) is 8.58. The van der Waals surface area contributed by atoms with Crippen LogP contribution in [0.2, 0.25) is 0 Å². The lowest BCUT2D eigenvalue weighted by Gasteiger charge is -2.11. The predicted molar refractivity (Wildman–Crippen MR) is 77.6 cm³/mol. The van der Waals surface area contributed by atoms with Gasteiger partial charge in [0.15, 0.2) is 0 Å². The summed E-state index contributed by atoms with van der Waals surface area (Å²) < 4.78 is 0. The zero-order valence-corrected chi connectivity index (χ0v) is 10.8. The first-order valence-corrected chi connectivity index (χ1v) is 6.29. The molecule has 94 valence electrons. The average molecular weight is 249 g/mol. The number of nitrogens with zero attached hydrogens (tertiary/aromatic N) is 2.